The summed E-state index contributed by atoms with van der Waals surface area (Å²) in [6, 6.07) is 8.63. The highest BCUT2D eigenvalue weighted by atomic mass is 32.2. The Morgan fingerprint density at radius 1 is 1.45 bits per heavy atom. The molecule has 20 heavy (non-hydrogen) atoms. The Bertz CT molecular complexity index is 612. The van der Waals surface area contributed by atoms with Crippen LogP contribution in [0.5, 0.6) is 0 Å². The number of nitriles is 1. The van der Waals surface area contributed by atoms with Crippen LogP contribution in [0.3, 0.4) is 0 Å². The summed E-state index contributed by atoms with van der Waals surface area (Å²) in [5.41, 5.74) is 7.01. The fraction of sp³-hybridized carbons (Fsp3) is 0.500. The van der Waals surface area contributed by atoms with E-state index in [4.69, 9.17) is 11.0 Å². The first-order valence-electron chi connectivity index (χ1n) is 6.63. The van der Waals surface area contributed by atoms with Crippen LogP contribution in [-0.2, 0) is 15.8 Å². The SMILES string of the molecule is CC1CC(N)CN(S(=O)(=O)Cc2cccc(C#N)c2)C1. The summed E-state index contributed by atoms with van der Waals surface area (Å²) in [7, 11) is -3.38. The number of nitrogens with zero attached hydrogens (tertiary/aromatic N) is 2. The van der Waals surface area contributed by atoms with Gasteiger partial charge in [0.25, 0.3) is 0 Å². The van der Waals surface area contributed by atoms with E-state index in [9.17, 15) is 8.42 Å². The van der Waals surface area contributed by atoms with Crippen LogP contribution >= 0.6 is 0 Å². The van der Waals surface area contributed by atoms with Crippen molar-refractivity contribution in [2.75, 3.05) is 13.1 Å². The summed E-state index contributed by atoms with van der Waals surface area (Å²) in [5.74, 6) is 0.195. The lowest BCUT2D eigenvalue weighted by Crippen LogP contribution is -2.49. The van der Waals surface area contributed by atoms with Gasteiger partial charge in [0.1, 0.15) is 0 Å². The zero-order valence-electron chi connectivity index (χ0n) is 11.5. The summed E-state index contributed by atoms with van der Waals surface area (Å²) in [5, 5.41) is 8.85. The van der Waals surface area contributed by atoms with Gasteiger partial charge in [-0.05, 0) is 30.0 Å². The third-order valence-corrected chi connectivity index (χ3v) is 5.24. The van der Waals surface area contributed by atoms with E-state index < -0.39 is 10.0 Å². The van der Waals surface area contributed by atoms with Gasteiger partial charge in [0.2, 0.25) is 10.0 Å². The normalized spacial score (nSPS) is 24.2. The first-order chi connectivity index (χ1) is 9.40. The molecule has 108 valence electrons. The molecule has 1 aromatic rings. The first-order valence-corrected chi connectivity index (χ1v) is 8.24. The molecule has 0 saturated carbocycles. The van der Waals surface area contributed by atoms with E-state index >= 15 is 0 Å². The van der Waals surface area contributed by atoms with Crippen LogP contribution in [-0.4, -0.2) is 31.9 Å². The molecular formula is C14H19N3O2S. The van der Waals surface area contributed by atoms with Crippen LogP contribution in [0.1, 0.15) is 24.5 Å². The fourth-order valence-electron chi connectivity index (χ4n) is 2.61. The standard InChI is InChI=1S/C14H19N3O2S/c1-11-5-14(16)9-17(8-11)20(18,19)10-13-4-2-3-12(6-13)7-15/h2-4,6,11,14H,5,8-10,16H2,1H3. The van der Waals surface area contributed by atoms with Gasteiger partial charge in [-0.15, -0.1) is 0 Å². The van der Waals surface area contributed by atoms with Crippen LogP contribution < -0.4 is 5.73 Å². The second-order valence-corrected chi connectivity index (χ2v) is 7.46. The molecule has 1 aromatic carbocycles. The number of sulfonamides is 1. The Morgan fingerprint density at radius 3 is 2.85 bits per heavy atom. The van der Waals surface area contributed by atoms with Crippen molar-refractivity contribution in [2.45, 2.75) is 25.1 Å². The molecule has 0 bridgehead atoms. The molecule has 2 unspecified atom stereocenters. The van der Waals surface area contributed by atoms with E-state index in [0.717, 1.165) is 6.42 Å². The van der Waals surface area contributed by atoms with Gasteiger partial charge in [0, 0.05) is 19.1 Å². The van der Waals surface area contributed by atoms with Crippen molar-refractivity contribution in [3.63, 3.8) is 0 Å². The molecule has 2 N–H and O–H groups in total. The van der Waals surface area contributed by atoms with Crippen LogP contribution in [0.4, 0.5) is 0 Å². The minimum absolute atomic E-state index is 0.0814. The molecule has 0 aliphatic carbocycles. The average Bonchev–Trinajstić information content (AvgIpc) is 2.37. The molecular weight excluding hydrogens is 274 g/mol. The van der Waals surface area contributed by atoms with Gasteiger partial charge in [-0.3, -0.25) is 0 Å². The molecule has 2 atom stereocenters. The Kier molecular flexibility index (Phi) is 4.43. The van der Waals surface area contributed by atoms with Crippen molar-refractivity contribution >= 4 is 10.0 Å². The number of benzene rings is 1. The summed E-state index contributed by atoms with van der Waals surface area (Å²) in [6.45, 7) is 2.91. The molecule has 1 aliphatic rings. The molecule has 5 nitrogen and oxygen atoms in total. The minimum Gasteiger partial charge on any atom is -0.326 e. The zero-order chi connectivity index (χ0) is 14.8. The quantitative estimate of drug-likeness (QED) is 0.902. The summed E-state index contributed by atoms with van der Waals surface area (Å²) in [4.78, 5) is 0. The molecule has 0 radical (unpaired) electrons. The van der Waals surface area contributed by atoms with E-state index in [1.165, 1.54) is 4.31 Å². The Morgan fingerprint density at radius 2 is 2.20 bits per heavy atom. The lowest BCUT2D eigenvalue weighted by molar-refractivity contribution is 0.254. The van der Waals surface area contributed by atoms with Gasteiger partial charge in [-0.1, -0.05) is 19.1 Å². The molecule has 1 heterocycles. The van der Waals surface area contributed by atoms with Crippen molar-refractivity contribution in [1.82, 2.24) is 4.31 Å². The number of nitrogens with two attached hydrogens (primary N) is 1. The van der Waals surface area contributed by atoms with Crippen LogP contribution in [0, 0.1) is 17.2 Å². The number of piperidine rings is 1. The average molecular weight is 293 g/mol. The van der Waals surface area contributed by atoms with Gasteiger partial charge in [0.15, 0.2) is 0 Å². The maximum atomic E-state index is 12.4. The molecule has 1 aliphatic heterocycles. The maximum Gasteiger partial charge on any atom is 0.218 e. The van der Waals surface area contributed by atoms with Crippen molar-refractivity contribution < 1.29 is 8.42 Å². The van der Waals surface area contributed by atoms with E-state index in [0.29, 0.717) is 24.2 Å². The molecule has 0 amide bonds. The van der Waals surface area contributed by atoms with E-state index in [-0.39, 0.29) is 17.7 Å². The summed E-state index contributed by atoms with van der Waals surface area (Å²) >= 11 is 0. The highest BCUT2D eigenvalue weighted by Gasteiger charge is 2.30. The Balaban J connectivity index is 2.16. The third kappa shape index (κ3) is 3.57. The third-order valence-electron chi connectivity index (χ3n) is 3.46. The van der Waals surface area contributed by atoms with Crippen molar-refractivity contribution in [3.8, 4) is 6.07 Å². The van der Waals surface area contributed by atoms with Crippen LogP contribution in [0.25, 0.3) is 0 Å². The monoisotopic (exact) mass is 293 g/mol. The zero-order valence-corrected chi connectivity index (χ0v) is 12.3. The molecule has 1 saturated heterocycles. The summed E-state index contributed by atoms with van der Waals surface area (Å²) < 4.78 is 26.3. The molecule has 2 rings (SSSR count). The minimum atomic E-state index is -3.38. The maximum absolute atomic E-state index is 12.4. The number of hydrogen-bond donors (Lipinski definition) is 1. The molecule has 0 aromatic heterocycles. The van der Waals surface area contributed by atoms with Crippen molar-refractivity contribution in [2.24, 2.45) is 11.7 Å². The van der Waals surface area contributed by atoms with Crippen molar-refractivity contribution in [3.05, 3.63) is 35.4 Å². The molecule has 1 fully saturated rings. The largest absolute Gasteiger partial charge is 0.326 e. The predicted octanol–water partition coefficient (Wildman–Crippen LogP) is 1.06. The number of hydrogen-bond acceptors (Lipinski definition) is 4. The summed E-state index contributed by atoms with van der Waals surface area (Å²) in [6.07, 6.45) is 0.857. The smallest absolute Gasteiger partial charge is 0.218 e. The molecule has 0 spiro atoms. The van der Waals surface area contributed by atoms with Gasteiger partial charge >= 0.3 is 0 Å². The van der Waals surface area contributed by atoms with E-state index in [1.54, 1.807) is 24.3 Å². The van der Waals surface area contributed by atoms with Crippen LogP contribution in [0.15, 0.2) is 24.3 Å². The Hall–Kier alpha value is -1.42. The first kappa shape index (κ1) is 15.0. The van der Waals surface area contributed by atoms with E-state index in [2.05, 4.69) is 0 Å². The highest BCUT2D eigenvalue weighted by molar-refractivity contribution is 7.88. The van der Waals surface area contributed by atoms with Gasteiger partial charge in [-0.2, -0.15) is 9.57 Å². The molecule has 6 heteroatoms. The van der Waals surface area contributed by atoms with Gasteiger partial charge in [-0.25, -0.2) is 8.42 Å². The van der Waals surface area contributed by atoms with Crippen molar-refractivity contribution in [1.29, 1.82) is 5.26 Å². The second-order valence-electron chi connectivity index (χ2n) is 5.49. The Labute approximate surface area is 120 Å². The van der Waals surface area contributed by atoms with E-state index in [1.807, 2.05) is 13.0 Å². The second kappa shape index (κ2) is 5.92. The predicted molar refractivity (Wildman–Crippen MR) is 77.1 cm³/mol. The topological polar surface area (TPSA) is 87.2 Å². The lowest BCUT2D eigenvalue weighted by Gasteiger charge is -2.33. The lowest BCUT2D eigenvalue weighted by atomic mass is 9.99. The van der Waals surface area contributed by atoms with Gasteiger partial charge < -0.3 is 5.73 Å². The van der Waals surface area contributed by atoms with Crippen LogP contribution in [0.2, 0.25) is 0 Å². The van der Waals surface area contributed by atoms with Gasteiger partial charge in [0.05, 0.1) is 17.4 Å². The highest BCUT2D eigenvalue weighted by Crippen LogP contribution is 2.20. The number of rotatable bonds is 3. The fourth-order valence-corrected chi connectivity index (χ4v) is 4.29.